The van der Waals surface area contributed by atoms with Crippen molar-refractivity contribution < 1.29 is 23.7 Å². The van der Waals surface area contributed by atoms with Gasteiger partial charge < -0.3 is 20.5 Å². The molecule has 0 unspecified atom stereocenters. The van der Waals surface area contributed by atoms with Crippen LogP contribution < -0.4 is 21.5 Å². The van der Waals surface area contributed by atoms with Crippen LogP contribution in [0.2, 0.25) is 5.02 Å². The van der Waals surface area contributed by atoms with Crippen LogP contribution in [-0.4, -0.2) is 45.8 Å². The molecule has 3 amide bonds. The van der Waals surface area contributed by atoms with Crippen LogP contribution in [-0.2, 0) is 20.8 Å². The third-order valence-corrected chi connectivity index (χ3v) is 6.58. The average Bonchev–Trinajstić information content (AvgIpc) is 3.56. The van der Waals surface area contributed by atoms with Gasteiger partial charge in [-0.15, -0.1) is 0 Å². The van der Waals surface area contributed by atoms with Crippen LogP contribution >= 0.6 is 11.6 Å². The van der Waals surface area contributed by atoms with E-state index in [1.54, 1.807) is 13.0 Å². The molecule has 2 aliphatic heterocycles. The lowest BCUT2D eigenvalue weighted by Gasteiger charge is -2.22. The van der Waals surface area contributed by atoms with Crippen molar-refractivity contribution in [2.45, 2.75) is 51.6 Å². The van der Waals surface area contributed by atoms with Crippen LogP contribution in [0.25, 0.3) is 0 Å². The lowest BCUT2D eigenvalue weighted by molar-refractivity contribution is -0.126. The van der Waals surface area contributed by atoms with E-state index in [1.807, 2.05) is 0 Å². The van der Waals surface area contributed by atoms with Gasteiger partial charge in [-0.3, -0.25) is 28.5 Å². The standard InChI is InChI=1S/C24H26ClN5O6/c1-12(31)3-4-15(10-14-7-8-26-21(14)32)27-23(34)20-6-5-19-16(25)11-18(24(35)30(19)20)28-22(33)17-9-13(2)36-29-17/h3-4,9,11,14-15,20H,5-8,10H2,1-2H3,(H,26,32)(H,27,34)(H,28,33)/b4-3+/t14-,15+,20-/m0/s1. The minimum atomic E-state index is -0.873. The zero-order valence-electron chi connectivity index (χ0n) is 19.8. The summed E-state index contributed by atoms with van der Waals surface area (Å²) in [6, 6.07) is 1.33. The first-order valence-corrected chi connectivity index (χ1v) is 12.0. The summed E-state index contributed by atoms with van der Waals surface area (Å²) in [6.07, 6.45) is 4.59. The topological polar surface area (TPSA) is 152 Å². The highest BCUT2D eigenvalue weighted by atomic mass is 35.5. The van der Waals surface area contributed by atoms with Crippen LogP contribution in [0.1, 0.15) is 54.2 Å². The van der Waals surface area contributed by atoms with Crippen LogP contribution in [0.5, 0.6) is 0 Å². The maximum absolute atomic E-state index is 13.3. The number of pyridine rings is 1. The zero-order valence-corrected chi connectivity index (χ0v) is 20.6. The second-order valence-electron chi connectivity index (χ2n) is 8.96. The molecule has 190 valence electrons. The largest absolute Gasteiger partial charge is 0.361 e. The number of hydrogen-bond acceptors (Lipinski definition) is 7. The summed E-state index contributed by atoms with van der Waals surface area (Å²) < 4.78 is 6.19. The minimum Gasteiger partial charge on any atom is -0.361 e. The molecule has 2 aliphatic rings. The van der Waals surface area contributed by atoms with Gasteiger partial charge in [-0.25, -0.2) is 0 Å². The molecule has 12 heteroatoms. The molecule has 4 heterocycles. The Kier molecular flexibility index (Phi) is 7.39. The van der Waals surface area contributed by atoms with Gasteiger partial charge in [0.15, 0.2) is 11.5 Å². The number of nitrogens with zero attached hydrogens (tertiary/aromatic N) is 2. The zero-order chi connectivity index (χ0) is 26.0. The molecule has 1 fully saturated rings. The Balaban J connectivity index is 1.56. The molecule has 0 spiro atoms. The number of rotatable bonds is 8. The van der Waals surface area contributed by atoms with Gasteiger partial charge >= 0.3 is 0 Å². The molecule has 3 atom stereocenters. The number of carbonyl (C=O) groups is 4. The highest BCUT2D eigenvalue weighted by molar-refractivity contribution is 6.31. The molecule has 2 aromatic heterocycles. The SMILES string of the molecule is CC(=O)/C=C/[C@H](C[C@@H]1CCNC1=O)NC(=O)[C@@H]1CCc2c(Cl)cc(NC(=O)c3cc(C)on3)c(=O)n21. The van der Waals surface area contributed by atoms with Crippen molar-refractivity contribution in [3.63, 3.8) is 0 Å². The summed E-state index contributed by atoms with van der Waals surface area (Å²) in [5, 5.41) is 12.0. The second kappa shape index (κ2) is 10.5. The summed E-state index contributed by atoms with van der Waals surface area (Å²) >= 11 is 6.40. The van der Waals surface area contributed by atoms with Crippen molar-refractivity contribution >= 4 is 40.8 Å². The van der Waals surface area contributed by atoms with Crippen LogP contribution in [0.15, 0.2) is 33.6 Å². The van der Waals surface area contributed by atoms with Crippen molar-refractivity contribution in [3.05, 3.63) is 56.8 Å². The van der Waals surface area contributed by atoms with E-state index in [9.17, 15) is 24.0 Å². The lowest BCUT2D eigenvalue weighted by atomic mass is 9.97. The van der Waals surface area contributed by atoms with Gasteiger partial charge in [0.05, 0.1) is 5.02 Å². The molecule has 0 saturated carbocycles. The highest BCUT2D eigenvalue weighted by Gasteiger charge is 2.34. The molecular formula is C24H26ClN5O6. The number of hydrogen-bond donors (Lipinski definition) is 3. The van der Waals surface area contributed by atoms with Crippen molar-refractivity contribution in [1.29, 1.82) is 0 Å². The lowest BCUT2D eigenvalue weighted by Crippen LogP contribution is -2.42. The number of aryl methyl sites for hydroxylation is 1. The number of amides is 3. The number of ketones is 1. The Labute approximate surface area is 211 Å². The van der Waals surface area contributed by atoms with Gasteiger partial charge in [0.25, 0.3) is 11.5 Å². The molecule has 36 heavy (non-hydrogen) atoms. The van der Waals surface area contributed by atoms with Crippen molar-refractivity contribution in [2.75, 3.05) is 11.9 Å². The third kappa shape index (κ3) is 5.40. The van der Waals surface area contributed by atoms with Gasteiger partial charge in [0, 0.05) is 30.3 Å². The number of nitrogens with one attached hydrogen (secondary N) is 3. The molecular weight excluding hydrogens is 490 g/mol. The molecule has 3 N–H and O–H groups in total. The van der Waals surface area contributed by atoms with E-state index in [4.69, 9.17) is 16.1 Å². The van der Waals surface area contributed by atoms with Gasteiger partial charge in [0.2, 0.25) is 11.8 Å². The molecule has 0 bridgehead atoms. The first-order chi connectivity index (χ1) is 17.1. The summed E-state index contributed by atoms with van der Waals surface area (Å²) in [5.74, 6) is -1.24. The first-order valence-electron chi connectivity index (χ1n) is 11.6. The Morgan fingerprint density at radius 3 is 2.72 bits per heavy atom. The van der Waals surface area contributed by atoms with Gasteiger partial charge in [-0.05, 0) is 51.7 Å². The highest BCUT2D eigenvalue weighted by Crippen LogP contribution is 2.31. The van der Waals surface area contributed by atoms with Gasteiger partial charge in [0.1, 0.15) is 17.5 Å². The smallest absolute Gasteiger partial charge is 0.278 e. The normalized spacial score (nSPS) is 19.7. The number of aromatic nitrogens is 2. The Morgan fingerprint density at radius 2 is 2.08 bits per heavy atom. The third-order valence-electron chi connectivity index (χ3n) is 6.26. The fourth-order valence-corrected chi connectivity index (χ4v) is 4.80. The summed E-state index contributed by atoms with van der Waals surface area (Å²) in [4.78, 5) is 62.6. The molecule has 11 nitrogen and oxygen atoms in total. The fourth-order valence-electron chi connectivity index (χ4n) is 4.50. The average molecular weight is 516 g/mol. The first kappa shape index (κ1) is 25.4. The van der Waals surface area contributed by atoms with E-state index in [-0.39, 0.29) is 34.0 Å². The van der Waals surface area contributed by atoms with E-state index >= 15 is 0 Å². The van der Waals surface area contributed by atoms with Crippen molar-refractivity contribution in [2.24, 2.45) is 5.92 Å². The number of anilines is 1. The monoisotopic (exact) mass is 515 g/mol. The molecule has 2 aromatic rings. The molecule has 0 radical (unpaired) electrons. The molecule has 4 rings (SSSR count). The Hall–Kier alpha value is -3.73. The summed E-state index contributed by atoms with van der Waals surface area (Å²) in [7, 11) is 0. The molecule has 0 aliphatic carbocycles. The van der Waals surface area contributed by atoms with E-state index in [0.29, 0.717) is 43.7 Å². The summed E-state index contributed by atoms with van der Waals surface area (Å²) in [5.41, 5.74) is -0.182. The Bertz CT molecular complexity index is 1310. The van der Waals surface area contributed by atoms with E-state index in [1.165, 1.54) is 29.7 Å². The predicted molar refractivity (Wildman–Crippen MR) is 130 cm³/mol. The number of carbonyl (C=O) groups excluding carboxylic acids is 4. The van der Waals surface area contributed by atoms with Gasteiger partial charge in [-0.2, -0.15) is 0 Å². The second-order valence-corrected chi connectivity index (χ2v) is 9.36. The van der Waals surface area contributed by atoms with Crippen molar-refractivity contribution in [1.82, 2.24) is 20.4 Å². The van der Waals surface area contributed by atoms with Crippen LogP contribution in [0.4, 0.5) is 5.69 Å². The van der Waals surface area contributed by atoms with Crippen LogP contribution in [0.3, 0.4) is 0 Å². The summed E-state index contributed by atoms with van der Waals surface area (Å²) in [6.45, 7) is 3.58. The van der Waals surface area contributed by atoms with Crippen LogP contribution in [0, 0.1) is 12.8 Å². The fraction of sp³-hybridized carbons (Fsp3) is 0.417. The Morgan fingerprint density at radius 1 is 1.31 bits per heavy atom. The van der Waals surface area contributed by atoms with Gasteiger partial charge in [-0.1, -0.05) is 22.8 Å². The number of halogens is 1. The predicted octanol–water partition coefficient (Wildman–Crippen LogP) is 1.69. The number of allylic oxidation sites excluding steroid dienone is 1. The minimum absolute atomic E-state index is 0.00105. The van der Waals surface area contributed by atoms with Crippen molar-refractivity contribution in [3.8, 4) is 0 Å². The quantitative estimate of drug-likeness (QED) is 0.452. The molecule has 1 saturated heterocycles. The van der Waals surface area contributed by atoms with E-state index < -0.39 is 29.5 Å². The number of fused-ring (bicyclic) bond motifs is 1. The maximum atomic E-state index is 13.3. The van der Waals surface area contributed by atoms with E-state index in [2.05, 4.69) is 21.1 Å². The van der Waals surface area contributed by atoms with E-state index in [0.717, 1.165) is 0 Å². The molecule has 0 aromatic carbocycles. The maximum Gasteiger partial charge on any atom is 0.278 e.